The van der Waals surface area contributed by atoms with Gasteiger partial charge in [-0.1, -0.05) is 65.2 Å². The lowest BCUT2D eigenvalue weighted by atomic mass is 10.0. The van der Waals surface area contributed by atoms with Gasteiger partial charge in [0, 0.05) is 6.61 Å². The molecule has 0 bridgehead atoms. The normalized spacial score (nSPS) is 12.9. The second kappa shape index (κ2) is 13.0. The fourth-order valence-corrected chi connectivity index (χ4v) is 2.06. The maximum absolute atomic E-state index is 5.66. The van der Waals surface area contributed by atoms with Crippen LogP contribution in [0.5, 0.6) is 0 Å². The highest BCUT2D eigenvalue weighted by atomic mass is 16.5. The summed E-state index contributed by atoms with van der Waals surface area (Å²) in [4.78, 5) is 0. The molecule has 0 fully saturated rings. The molecule has 0 aliphatic carbocycles. The Morgan fingerprint density at radius 2 is 1.38 bits per heavy atom. The molecule has 0 spiro atoms. The van der Waals surface area contributed by atoms with E-state index in [2.05, 4.69) is 20.8 Å². The summed E-state index contributed by atoms with van der Waals surface area (Å²) < 4.78 is 5.66. The number of hydrogen-bond donors (Lipinski definition) is 0. The Labute approximate surface area is 103 Å². The van der Waals surface area contributed by atoms with Crippen LogP contribution in [0.25, 0.3) is 0 Å². The van der Waals surface area contributed by atoms with E-state index in [1.807, 2.05) is 0 Å². The lowest BCUT2D eigenvalue weighted by molar-refractivity contribution is 0.0567. The fraction of sp³-hybridized carbons (Fsp3) is 0.933. The van der Waals surface area contributed by atoms with Crippen molar-refractivity contribution in [2.24, 2.45) is 0 Å². The van der Waals surface area contributed by atoms with Crippen molar-refractivity contribution < 1.29 is 4.74 Å². The number of hydrogen-bond acceptors (Lipinski definition) is 1. The van der Waals surface area contributed by atoms with E-state index in [1.165, 1.54) is 64.2 Å². The SMILES string of the molecule is [CH2]COC(CCCC)CCCCCCCC. The van der Waals surface area contributed by atoms with Crippen LogP contribution in [-0.4, -0.2) is 12.7 Å². The molecule has 0 rings (SSSR count). The highest BCUT2D eigenvalue weighted by Gasteiger charge is 2.06. The van der Waals surface area contributed by atoms with E-state index in [-0.39, 0.29) is 0 Å². The molecule has 0 aliphatic rings. The van der Waals surface area contributed by atoms with E-state index in [9.17, 15) is 0 Å². The molecule has 1 radical (unpaired) electrons. The first kappa shape index (κ1) is 16.0. The number of rotatable bonds is 12. The van der Waals surface area contributed by atoms with Crippen LogP contribution in [0.4, 0.5) is 0 Å². The maximum atomic E-state index is 5.66. The molecule has 0 heterocycles. The third-order valence-electron chi connectivity index (χ3n) is 3.11. The second-order valence-corrected chi connectivity index (χ2v) is 4.69. The van der Waals surface area contributed by atoms with Crippen molar-refractivity contribution in [2.75, 3.05) is 6.61 Å². The Balaban J connectivity index is 3.36. The van der Waals surface area contributed by atoms with Crippen LogP contribution in [0.15, 0.2) is 0 Å². The monoisotopic (exact) mass is 227 g/mol. The summed E-state index contributed by atoms with van der Waals surface area (Å²) >= 11 is 0. The summed E-state index contributed by atoms with van der Waals surface area (Å²) in [5, 5.41) is 0. The van der Waals surface area contributed by atoms with Gasteiger partial charge in [0.2, 0.25) is 0 Å². The molecular weight excluding hydrogens is 196 g/mol. The van der Waals surface area contributed by atoms with E-state index in [4.69, 9.17) is 4.74 Å². The van der Waals surface area contributed by atoms with E-state index in [1.54, 1.807) is 0 Å². The lowest BCUT2D eigenvalue weighted by Crippen LogP contribution is -2.12. The predicted octanol–water partition coefficient (Wildman–Crippen LogP) is 5.15. The van der Waals surface area contributed by atoms with Gasteiger partial charge in [-0.2, -0.15) is 0 Å². The maximum Gasteiger partial charge on any atom is 0.0575 e. The Morgan fingerprint density at radius 1 is 0.812 bits per heavy atom. The van der Waals surface area contributed by atoms with Crippen LogP contribution < -0.4 is 0 Å². The van der Waals surface area contributed by atoms with Crippen LogP contribution in [-0.2, 0) is 4.74 Å². The van der Waals surface area contributed by atoms with E-state index in [0.717, 1.165) is 0 Å². The zero-order valence-corrected chi connectivity index (χ0v) is 11.5. The van der Waals surface area contributed by atoms with Crippen molar-refractivity contribution in [3.8, 4) is 0 Å². The van der Waals surface area contributed by atoms with Crippen molar-refractivity contribution in [3.63, 3.8) is 0 Å². The van der Waals surface area contributed by atoms with Crippen LogP contribution >= 0.6 is 0 Å². The highest BCUT2D eigenvalue weighted by molar-refractivity contribution is 4.59. The number of unbranched alkanes of at least 4 members (excludes halogenated alkanes) is 6. The summed E-state index contributed by atoms with van der Waals surface area (Å²) in [7, 11) is 0. The molecule has 1 atom stereocenters. The largest absolute Gasteiger partial charge is 0.378 e. The van der Waals surface area contributed by atoms with Crippen molar-refractivity contribution >= 4 is 0 Å². The molecule has 0 aromatic carbocycles. The molecule has 1 nitrogen and oxygen atoms in total. The molecule has 0 aliphatic heterocycles. The average Bonchev–Trinajstić information content (AvgIpc) is 2.30. The van der Waals surface area contributed by atoms with Crippen LogP contribution in [0.3, 0.4) is 0 Å². The van der Waals surface area contributed by atoms with E-state index >= 15 is 0 Å². The molecular formula is C15H31O. The van der Waals surface area contributed by atoms with E-state index < -0.39 is 0 Å². The first-order valence-corrected chi connectivity index (χ1v) is 7.26. The molecule has 97 valence electrons. The summed E-state index contributed by atoms with van der Waals surface area (Å²) in [6.07, 6.45) is 13.8. The van der Waals surface area contributed by atoms with Gasteiger partial charge in [-0.3, -0.25) is 0 Å². The Hall–Kier alpha value is -0.0400. The van der Waals surface area contributed by atoms with Gasteiger partial charge in [0.1, 0.15) is 0 Å². The van der Waals surface area contributed by atoms with Crippen LogP contribution in [0, 0.1) is 6.92 Å². The summed E-state index contributed by atoms with van der Waals surface area (Å²) in [6.45, 7) is 8.92. The Bertz CT molecular complexity index is 123. The topological polar surface area (TPSA) is 9.23 Å². The average molecular weight is 227 g/mol. The quantitative estimate of drug-likeness (QED) is 0.419. The van der Waals surface area contributed by atoms with Gasteiger partial charge in [0.15, 0.2) is 0 Å². The Morgan fingerprint density at radius 3 is 2.00 bits per heavy atom. The first-order chi connectivity index (χ1) is 7.85. The van der Waals surface area contributed by atoms with Gasteiger partial charge in [0.25, 0.3) is 0 Å². The van der Waals surface area contributed by atoms with Gasteiger partial charge < -0.3 is 4.74 Å². The van der Waals surface area contributed by atoms with E-state index in [0.29, 0.717) is 12.7 Å². The molecule has 0 saturated heterocycles. The minimum Gasteiger partial charge on any atom is -0.378 e. The molecule has 0 saturated carbocycles. The van der Waals surface area contributed by atoms with Gasteiger partial charge >= 0.3 is 0 Å². The second-order valence-electron chi connectivity index (χ2n) is 4.69. The first-order valence-electron chi connectivity index (χ1n) is 7.26. The summed E-state index contributed by atoms with van der Waals surface area (Å²) in [5.41, 5.74) is 0. The third-order valence-corrected chi connectivity index (χ3v) is 3.11. The predicted molar refractivity (Wildman–Crippen MR) is 72.6 cm³/mol. The third kappa shape index (κ3) is 10.5. The molecule has 0 aromatic rings. The molecule has 1 unspecified atom stereocenters. The van der Waals surface area contributed by atoms with Crippen LogP contribution in [0.2, 0.25) is 0 Å². The fourth-order valence-electron chi connectivity index (χ4n) is 2.06. The summed E-state index contributed by atoms with van der Waals surface area (Å²) in [6, 6.07) is 0. The zero-order chi connectivity index (χ0) is 12.1. The lowest BCUT2D eigenvalue weighted by Gasteiger charge is -2.16. The van der Waals surface area contributed by atoms with Crippen LogP contribution in [0.1, 0.15) is 78.1 Å². The molecule has 0 aromatic heterocycles. The zero-order valence-electron chi connectivity index (χ0n) is 11.5. The molecule has 0 amide bonds. The van der Waals surface area contributed by atoms with Crippen molar-refractivity contribution in [2.45, 2.75) is 84.2 Å². The molecule has 16 heavy (non-hydrogen) atoms. The molecule has 0 N–H and O–H groups in total. The minimum absolute atomic E-state index is 0.476. The minimum atomic E-state index is 0.476. The summed E-state index contributed by atoms with van der Waals surface area (Å²) in [5.74, 6) is 0. The van der Waals surface area contributed by atoms with Gasteiger partial charge in [0.05, 0.1) is 6.10 Å². The standard InChI is InChI=1S/C15H31O/c1-4-7-9-10-11-12-14-15(16-6-3)13-8-5-2/h15H,3-14H2,1-2H3. The van der Waals surface area contributed by atoms with Crippen molar-refractivity contribution in [1.82, 2.24) is 0 Å². The van der Waals surface area contributed by atoms with Crippen molar-refractivity contribution in [3.05, 3.63) is 6.92 Å². The highest BCUT2D eigenvalue weighted by Crippen LogP contribution is 2.14. The van der Waals surface area contributed by atoms with Gasteiger partial charge in [-0.25, -0.2) is 0 Å². The number of ether oxygens (including phenoxy) is 1. The molecule has 1 heteroatoms. The Kier molecular flexibility index (Phi) is 13.0. The van der Waals surface area contributed by atoms with Crippen molar-refractivity contribution in [1.29, 1.82) is 0 Å². The smallest absolute Gasteiger partial charge is 0.0575 e. The van der Waals surface area contributed by atoms with Gasteiger partial charge in [-0.15, -0.1) is 0 Å². The van der Waals surface area contributed by atoms with Gasteiger partial charge in [-0.05, 0) is 19.8 Å².